The number of fused-ring (bicyclic) bond motifs is 1. The molecule has 0 atom stereocenters. The molecule has 16 heavy (non-hydrogen) atoms. The predicted molar refractivity (Wildman–Crippen MR) is 61.3 cm³/mol. The van der Waals surface area contributed by atoms with Crippen LogP contribution < -0.4 is 5.32 Å². The zero-order valence-electron chi connectivity index (χ0n) is 7.90. The number of nitriles is 1. The Morgan fingerprint density at radius 1 is 1.56 bits per heavy atom. The maximum absolute atomic E-state index is 11.3. The fraction of sp³-hybridized carbons (Fsp3) is 0.111. The van der Waals surface area contributed by atoms with E-state index in [-0.39, 0.29) is 6.42 Å². The average molecular weight is 253 g/mol. The predicted octanol–water partition coefficient (Wildman–Crippen LogP) is 2.20. The average Bonchev–Trinajstić information content (AvgIpc) is 2.71. The lowest BCUT2D eigenvalue weighted by Crippen LogP contribution is -2.10. The van der Waals surface area contributed by atoms with Crippen LogP contribution in [0.5, 0.6) is 0 Å². The molecule has 0 bridgehead atoms. The number of hydrogen-bond donors (Lipinski definition) is 1. The molecule has 5 nitrogen and oxygen atoms in total. The van der Waals surface area contributed by atoms with Crippen LogP contribution in [0.3, 0.4) is 0 Å². The van der Waals surface area contributed by atoms with Gasteiger partial charge in [0.2, 0.25) is 5.91 Å². The first kappa shape index (κ1) is 10.8. The molecule has 2 rings (SSSR count). The van der Waals surface area contributed by atoms with E-state index in [0.717, 1.165) is 11.7 Å². The topological polar surface area (TPSA) is 78.7 Å². The summed E-state index contributed by atoms with van der Waals surface area (Å²) in [5, 5.41) is 11.3. The quantitative estimate of drug-likeness (QED) is 0.889. The number of nitrogens with zero attached hydrogens (tertiary/aromatic N) is 3. The summed E-state index contributed by atoms with van der Waals surface area (Å²) in [5.74, 6) is -0.412. The summed E-state index contributed by atoms with van der Waals surface area (Å²) in [6.45, 7) is 0. The molecule has 0 saturated carbocycles. The Balaban J connectivity index is 2.42. The third kappa shape index (κ3) is 1.96. The maximum Gasteiger partial charge on any atom is 0.238 e. The molecule has 1 N–H and O–H groups in total. The van der Waals surface area contributed by atoms with Gasteiger partial charge in [-0.1, -0.05) is 11.6 Å². The van der Waals surface area contributed by atoms with Crippen LogP contribution in [0.25, 0.3) is 11.0 Å². The van der Waals surface area contributed by atoms with Crippen LogP contribution in [0, 0.1) is 11.3 Å². The van der Waals surface area contributed by atoms with Crippen molar-refractivity contribution in [3.63, 3.8) is 0 Å². The highest BCUT2D eigenvalue weighted by Gasteiger charge is 2.12. The lowest BCUT2D eigenvalue weighted by Gasteiger charge is -2.05. The lowest BCUT2D eigenvalue weighted by atomic mass is 10.2. The van der Waals surface area contributed by atoms with Crippen molar-refractivity contribution in [3.8, 4) is 6.07 Å². The van der Waals surface area contributed by atoms with Crippen molar-refractivity contribution in [2.24, 2.45) is 0 Å². The lowest BCUT2D eigenvalue weighted by molar-refractivity contribution is -0.115. The van der Waals surface area contributed by atoms with Gasteiger partial charge in [0.05, 0.1) is 28.5 Å². The van der Waals surface area contributed by atoms with Crippen molar-refractivity contribution in [1.29, 1.82) is 5.26 Å². The van der Waals surface area contributed by atoms with E-state index in [4.69, 9.17) is 16.9 Å². The van der Waals surface area contributed by atoms with Gasteiger partial charge in [0.1, 0.15) is 17.5 Å². The van der Waals surface area contributed by atoms with E-state index >= 15 is 0 Å². The molecule has 0 spiro atoms. The summed E-state index contributed by atoms with van der Waals surface area (Å²) >= 11 is 6.98. The first-order valence-electron chi connectivity index (χ1n) is 4.30. The second-order valence-electron chi connectivity index (χ2n) is 2.94. The second kappa shape index (κ2) is 4.43. The van der Waals surface area contributed by atoms with Crippen molar-refractivity contribution in [2.75, 3.05) is 5.32 Å². The first-order valence-corrected chi connectivity index (χ1v) is 5.41. The van der Waals surface area contributed by atoms with E-state index in [2.05, 4.69) is 14.1 Å². The van der Waals surface area contributed by atoms with Crippen molar-refractivity contribution < 1.29 is 4.79 Å². The Hall–Kier alpha value is -1.71. The van der Waals surface area contributed by atoms with Crippen molar-refractivity contribution in [1.82, 2.24) is 8.75 Å². The minimum absolute atomic E-state index is 0.218. The normalized spacial score (nSPS) is 10.0. The Morgan fingerprint density at radius 2 is 2.38 bits per heavy atom. The minimum atomic E-state index is -0.412. The van der Waals surface area contributed by atoms with E-state index in [0.29, 0.717) is 21.7 Å². The van der Waals surface area contributed by atoms with Gasteiger partial charge >= 0.3 is 0 Å². The van der Waals surface area contributed by atoms with Gasteiger partial charge in [-0.15, -0.1) is 0 Å². The Morgan fingerprint density at radius 3 is 3.12 bits per heavy atom. The minimum Gasteiger partial charge on any atom is -0.322 e. The highest BCUT2D eigenvalue weighted by molar-refractivity contribution is 7.00. The number of carbonyl (C=O) groups is 1. The van der Waals surface area contributed by atoms with Crippen LogP contribution in [-0.4, -0.2) is 14.7 Å². The zero-order chi connectivity index (χ0) is 11.5. The molecule has 0 radical (unpaired) electrons. The number of nitrogens with one attached hydrogen (secondary N) is 1. The highest BCUT2D eigenvalue weighted by atomic mass is 35.5. The molecule has 7 heteroatoms. The molecule has 0 aliphatic rings. The first-order chi connectivity index (χ1) is 7.72. The summed E-state index contributed by atoms with van der Waals surface area (Å²) in [6, 6.07) is 5.12. The molecule has 1 aromatic heterocycles. The van der Waals surface area contributed by atoms with E-state index in [9.17, 15) is 4.79 Å². The van der Waals surface area contributed by atoms with Crippen LogP contribution in [0.2, 0.25) is 5.02 Å². The van der Waals surface area contributed by atoms with Gasteiger partial charge in [0.15, 0.2) is 0 Å². The maximum atomic E-state index is 11.3. The van der Waals surface area contributed by atoms with Crippen molar-refractivity contribution in [3.05, 3.63) is 17.2 Å². The summed E-state index contributed by atoms with van der Waals surface area (Å²) in [6.07, 6.45) is -0.218. The van der Waals surface area contributed by atoms with E-state index in [1.165, 1.54) is 0 Å². The van der Waals surface area contributed by atoms with Gasteiger partial charge in [-0.05, 0) is 12.1 Å². The number of benzene rings is 1. The number of rotatable bonds is 2. The van der Waals surface area contributed by atoms with Gasteiger partial charge < -0.3 is 5.32 Å². The zero-order valence-corrected chi connectivity index (χ0v) is 9.47. The molecule has 2 aromatic rings. The third-order valence-electron chi connectivity index (χ3n) is 1.88. The number of carbonyl (C=O) groups excluding carboxylic acids is 1. The molecule has 0 fully saturated rings. The molecular formula is C9H5ClN4OS. The number of aromatic nitrogens is 2. The molecule has 1 heterocycles. The number of anilines is 1. The Kier molecular flexibility index (Phi) is 2.99. The standard InChI is InChI=1S/C9H5ClN4OS/c10-5-1-2-6-9(14-16-13-6)8(5)12-7(15)3-4-11/h1-2H,3H2,(H,12,15). The molecule has 1 aromatic carbocycles. The highest BCUT2D eigenvalue weighted by Crippen LogP contribution is 2.29. The monoisotopic (exact) mass is 252 g/mol. The van der Waals surface area contributed by atoms with Gasteiger partial charge in [-0.3, -0.25) is 4.79 Å². The molecular weight excluding hydrogens is 248 g/mol. The summed E-state index contributed by atoms with van der Waals surface area (Å²) < 4.78 is 8.07. The van der Waals surface area contributed by atoms with Crippen molar-refractivity contribution >= 4 is 46.0 Å². The van der Waals surface area contributed by atoms with E-state index in [1.807, 2.05) is 0 Å². The van der Waals surface area contributed by atoms with Gasteiger partial charge in [0, 0.05) is 0 Å². The largest absolute Gasteiger partial charge is 0.322 e. The Bertz CT molecular complexity index is 589. The number of hydrogen-bond acceptors (Lipinski definition) is 5. The summed E-state index contributed by atoms with van der Waals surface area (Å²) in [7, 11) is 0. The molecule has 1 amide bonds. The van der Waals surface area contributed by atoms with Crippen LogP contribution in [0.1, 0.15) is 6.42 Å². The molecule has 0 unspecified atom stereocenters. The van der Waals surface area contributed by atoms with Crippen LogP contribution in [-0.2, 0) is 4.79 Å². The van der Waals surface area contributed by atoms with Crippen molar-refractivity contribution in [2.45, 2.75) is 6.42 Å². The van der Waals surface area contributed by atoms with Gasteiger partial charge in [0.25, 0.3) is 0 Å². The van der Waals surface area contributed by atoms with Crippen LogP contribution in [0.4, 0.5) is 5.69 Å². The summed E-state index contributed by atoms with van der Waals surface area (Å²) in [4.78, 5) is 11.3. The molecule has 0 aliphatic heterocycles. The van der Waals surface area contributed by atoms with Crippen LogP contribution >= 0.6 is 23.3 Å². The number of amides is 1. The third-order valence-corrected chi connectivity index (χ3v) is 2.74. The van der Waals surface area contributed by atoms with Crippen LogP contribution in [0.15, 0.2) is 12.1 Å². The molecule has 0 aliphatic carbocycles. The second-order valence-corrected chi connectivity index (χ2v) is 3.87. The van der Waals surface area contributed by atoms with E-state index in [1.54, 1.807) is 18.2 Å². The number of halogens is 1. The SMILES string of the molecule is N#CCC(=O)Nc1c(Cl)ccc2nsnc12. The fourth-order valence-electron chi connectivity index (χ4n) is 1.20. The Labute approximate surface area is 100.0 Å². The summed E-state index contributed by atoms with van der Waals surface area (Å²) in [5.41, 5.74) is 1.62. The molecule has 0 saturated heterocycles. The smallest absolute Gasteiger partial charge is 0.238 e. The van der Waals surface area contributed by atoms with Gasteiger partial charge in [-0.25, -0.2) is 0 Å². The van der Waals surface area contributed by atoms with Gasteiger partial charge in [-0.2, -0.15) is 14.0 Å². The fourth-order valence-corrected chi connectivity index (χ4v) is 1.94. The molecule has 80 valence electrons. The van der Waals surface area contributed by atoms with E-state index < -0.39 is 5.91 Å².